The second-order valence-electron chi connectivity index (χ2n) is 4.61. The smallest absolute Gasteiger partial charge is 0.305 e. The minimum absolute atomic E-state index is 0.106. The number of ether oxygens (including phenoxy) is 1. The fourth-order valence-corrected chi connectivity index (χ4v) is 1.96. The Balaban J connectivity index is 3.06. The van der Waals surface area contributed by atoms with Crippen LogP contribution in [0.5, 0.6) is 5.75 Å². The number of halogens is 1. The summed E-state index contributed by atoms with van der Waals surface area (Å²) in [6, 6.07) is 4.94. The molecule has 5 nitrogen and oxygen atoms in total. The summed E-state index contributed by atoms with van der Waals surface area (Å²) in [5.41, 5.74) is 0.566. The van der Waals surface area contributed by atoms with Crippen LogP contribution in [0.1, 0.15) is 20.3 Å². The normalized spacial score (nSPS) is 10.4. The predicted octanol–water partition coefficient (Wildman–Crippen LogP) is 2.81. The van der Waals surface area contributed by atoms with Crippen molar-refractivity contribution in [2.24, 2.45) is 5.92 Å². The molecule has 110 valence electrons. The number of carboxylic acids is 1. The molecule has 20 heavy (non-hydrogen) atoms. The zero-order valence-electron chi connectivity index (χ0n) is 11.7. The molecule has 0 spiro atoms. The van der Waals surface area contributed by atoms with Crippen LogP contribution >= 0.6 is 11.6 Å². The quantitative estimate of drug-likeness (QED) is 0.877. The molecule has 0 saturated heterocycles. The van der Waals surface area contributed by atoms with Crippen molar-refractivity contribution in [3.63, 3.8) is 0 Å². The summed E-state index contributed by atoms with van der Waals surface area (Å²) < 4.78 is 5.06. The zero-order chi connectivity index (χ0) is 15.3. The maximum absolute atomic E-state index is 12.2. The number of carbonyl (C=O) groups excluding carboxylic acids is 1. The summed E-state index contributed by atoms with van der Waals surface area (Å²) in [4.78, 5) is 24.3. The molecule has 0 bridgehead atoms. The second-order valence-corrected chi connectivity index (χ2v) is 5.01. The van der Waals surface area contributed by atoms with Crippen LogP contribution in [0.4, 0.5) is 5.69 Å². The SMILES string of the molecule is COc1ccc(N(CCC(=O)O)C(=O)C(C)C)cc1Cl. The van der Waals surface area contributed by atoms with E-state index in [2.05, 4.69) is 0 Å². The van der Waals surface area contributed by atoms with Gasteiger partial charge in [-0.3, -0.25) is 9.59 Å². The number of methoxy groups -OCH3 is 1. The number of nitrogens with zero attached hydrogens (tertiary/aromatic N) is 1. The first kappa shape index (κ1) is 16.3. The van der Waals surface area contributed by atoms with Crippen molar-refractivity contribution in [3.05, 3.63) is 23.2 Å². The Labute approximate surface area is 123 Å². The lowest BCUT2D eigenvalue weighted by Gasteiger charge is -2.24. The molecule has 0 aliphatic heterocycles. The number of aliphatic carboxylic acids is 1. The largest absolute Gasteiger partial charge is 0.495 e. The first-order valence-electron chi connectivity index (χ1n) is 6.23. The van der Waals surface area contributed by atoms with Crippen molar-refractivity contribution in [1.29, 1.82) is 0 Å². The Kier molecular flexibility index (Phi) is 5.82. The van der Waals surface area contributed by atoms with E-state index in [4.69, 9.17) is 21.4 Å². The van der Waals surface area contributed by atoms with E-state index in [1.165, 1.54) is 12.0 Å². The van der Waals surface area contributed by atoms with Crippen molar-refractivity contribution in [2.75, 3.05) is 18.6 Å². The summed E-state index contributed by atoms with van der Waals surface area (Å²) >= 11 is 6.04. The van der Waals surface area contributed by atoms with Crippen molar-refractivity contribution < 1.29 is 19.4 Å². The van der Waals surface area contributed by atoms with Gasteiger partial charge in [0.15, 0.2) is 0 Å². The van der Waals surface area contributed by atoms with Gasteiger partial charge in [0.1, 0.15) is 5.75 Å². The van der Waals surface area contributed by atoms with E-state index in [-0.39, 0.29) is 24.8 Å². The first-order valence-corrected chi connectivity index (χ1v) is 6.61. The molecule has 1 rings (SSSR count). The van der Waals surface area contributed by atoms with E-state index in [1.807, 2.05) is 0 Å². The highest BCUT2D eigenvalue weighted by Gasteiger charge is 2.20. The number of carboxylic acid groups (broad SMARTS) is 1. The monoisotopic (exact) mass is 299 g/mol. The third-order valence-corrected chi connectivity index (χ3v) is 3.05. The molecule has 0 heterocycles. The van der Waals surface area contributed by atoms with E-state index in [0.717, 1.165) is 0 Å². The number of hydrogen-bond donors (Lipinski definition) is 1. The van der Waals surface area contributed by atoms with E-state index in [1.54, 1.807) is 32.0 Å². The number of rotatable bonds is 6. The van der Waals surface area contributed by atoms with Crippen LogP contribution in [0.3, 0.4) is 0 Å². The highest BCUT2D eigenvalue weighted by Crippen LogP contribution is 2.29. The molecule has 0 aliphatic rings. The summed E-state index contributed by atoms with van der Waals surface area (Å²) in [5, 5.41) is 9.16. The summed E-state index contributed by atoms with van der Waals surface area (Å²) in [6.45, 7) is 3.64. The molecule has 1 aromatic rings. The molecule has 0 saturated carbocycles. The number of carbonyl (C=O) groups is 2. The summed E-state index contributed by atoms with van der Waals surface area (Å²) in [7, 11) is 1.50. The number of amides is 1. The molecular formula is C14H18ClNO4. The van der Waals surface area contributed by atoms with E-state index in [0.29, 0.717) is 16.5 Å². The molecule has 0 aromatic heterocycles. The minimum Gasteiger partial charge on any atom is -0.495 e. The molecule has 0 atom stereocenters. The minimum atomic E-state index is -0.953. The van der Waals surface area contributed by atoms with Crippen LogP contribution < -0.4 is 9.64 Å². The Morgan fingerprint density at radius 1 is 1.40 bits per heavy atom. The van der Waals surface area contributed by atoms with Crippen LogP contribution in [-0.2, 0) is 9.59 Å². The Morgan fingerprint density at radius 2 is 2.05 bits per heavy atom. The van der Waals surface area contributed by atoms with Gasteiger partial charge in [0.25, 0.3) is 0 Å². The molecule has 0 unspecified atom stereocenters. The molecule has 1 aromatic carbocycles. The van der Waals surface area contributed by atoms with Crippen molar-refractivity contribution in [1.82, 2.24) is 0 Å². The molecule has 6 heteroatoms. The van der Waals surface area contributed by atoms with E-state index >= 15 is 0 Å². The van der Waals surface area contributed by atoms with Crippen LogP contribution in [0.2, 0.25) is 5.02 Å². The lowest BCUT2D eigenvalue weighted by atomic mass is 10.1. The van der Waals surface area contributed by atoms with Gasteiger partial charge in [-0.25, -0.2) is 0 Å². The van der Waals surface area contributed by atoms with Crippen LogP contribution in [-0.4, -0.2) is 30.6 Å². The van der Waals surface area contributed by atoms with E-state index < -0.39 is 5.97 Å². The van der Waals surface area contributed by atoms with Gasteiger partial charge in [-0.15, -0.1) is 0 Å². The predicted molar refractivity (Wildman–Crippen MR) is 77.4 cm³/mol. The molecule has 1 N–H and O–H groups in total. The summed E-state index contributed by atoms with van der Waals surface area (Å²) in [5.74, 6) is -0.825. The number of hydrogen-bond acceptors (Lipinski definition) is 3. The van der Waals surface area contributed by atoms with Gasteiger partial charge in [-0.05, 0) is 18.2 Å². The molecule has 0 radical (unpaired) electrons. The average Bonchev–Trinajstić information content (AvgIpc) is 2.38. The van der Waals surface area contributed by atoms with Crippen LogP contribution in [0, 0.1) is 5.92 Å². The maximum Gasteiger partial charge on any atom is 0.305 e. The number of anilines is 1. The Hall–Kier alpha value is -1.75. The Morgan fingerprint density at radius 3 is 2.50 bits per heavy atom. The highest BCUT2D eigenvalue weighted by molar-refractivity contribution is 6.32. The molecule has 0 aliphatic carbocycles. The third-order valence-electron chi connectivity index (χ3n) is 2.76. The molecular weight excluding hydrogens is 282 g/mol. The lowest BCUT2D eigenvalue weighted by molar-refractivity contribution is -0.136. The fourth-order valence-electron chi connectivity index (χ4n) is 1.71. The first-order chi connectivity index (χ1) is 9.36. The highest BCUT2D eigenvalue weighted by atomic mass is 35.5. The second kappa shape index (κ2) is 7.14. The fraction of sp³-hybridized carbons (Fsp3) is 0.429. The van der Waals surface area contributed by atoms with Gasteiger partial charge in [0.2, 0.25) is 5.91 Å². The number of benzene rings is 1. The van der Waals surface area contributed by atoms with Crippen LogP contribution in [0.15, 0.2) is 18.2 Å². The van der Waals surface area contributed by atoms with Crippen LogP contribution in [0.25, 0.3) is 0 Å². The van der Waals surface area contributed by atoms with Crippen molar-refractivity contribution in [3.8, 4) is 5.75 Å². The lowest BCUT2D eigenvalue weighted by Crippen LogP contribution is -2.36. The van der Waals surface area contributed by atoms with Gasteiger partial charge in [0.05, 0.1) is 18.6 Å². The van der Waals surface area contributed by atoms with Crippen molar-refractivity contribution in [2.45, 2.75) is 20.3 Å². The van der Waals surface area contributed by atoms with Gasteiger partial charge < -0.3 is 14.7 Å². The zero-order valence-corrected chi connectivity index (χ0v) is 12.5. The topological polar surface area (TPSA) is 66.8 Å². The van der Waals surface area contributed by atoms with Gasteiger partial charge >= 0.3 is 5.97 Å². The van der Waals surface area contributed by atoms with Gasteiger partial charge in [-0.1, -0.05) is 25.4 Å². The van der Waals surface area contributed by atoms with E-state index in [9.17, 15) is 9.59 Å². The van der Waals surface area contributed by atoms with Gasteiger partial charge in [0, 0.05) is 18.2 Å². The summed E-state index contributed by atoms with van der Waals surface area (Å²) in [6.07, 6.45) is -0.123. The average molecular weight is 300 g/mol. The molecule has 1 amide bonds. The van der Waals surface area contributed by atoms with Crippen molar-refractivity contribution >= 4 is 29.2 Å². The maximum atomic E-state index is 12.2. The third kappa shape index (κ3) is 4.13. The van der Waals surface area contributed by atoms with Gasteiger partial charge in [-0.2, -0.15) is 0 Å². The molecule has 0 fully saturated rings. The standard InChI is InChI=1S/C14H18ClNO4/c1-9(2)14(19)16(7-6-13(17)18)10-4-5-12(20-3)11(15)8-10/h4-5,8-9H,6-7H2,1-3H3,(H,17,18). The Bertz CT molecular complexity index is 502.